The number of aryl methyl sites for hydroxylation is 2. The number of hydrogen-bond donors (Lipinski definition) is 0. The molecule has 0 bridgehead atoms. The van der Waals surface area contributed by atoms with E-state index in [0.29, 0.717) is 17.8 Å². The van der Waals surface area contributed by atoms with Crippen molar-refractivity contribution in [3.8, 4) is 11.5 Å². The lowest BCUT2D eigenvalue weighted by atomic mass is 10.1. The second-order valence-corrected chi connectivity index (χ2v) is 6.70. The van der Waals surface area contributed by atoms with Crippen LogP contribution in [0.2, 0.25) is 0 Å². The molecule has 0 aliphatic rings. The van der Waals surface area contributed by atoms with Crippen molar-refractivity contribution >= 4 is 17.4 Å². The first-order valence-corrected chi connectivity index (χ1v) is 9.31. The molecule has 0 amide bonds. The Balaban J connectivity index is 1.34. The van der Waals surface area contributed by atoms with E-state index in [4.69, 9.17) is 9.15 Å². The van der Waals surface area contributed by atoms with Gasteiger partial charge in [0.2, 0.25) is 5.89 Å². The summed E-state index contributed by atoms with van der Waals surface area (Å²) < 4.78 is 12.3. The Morgan fingerprint density at radius 2 is 2.00 bits per heavy atom. The minimum atomic E-state index is -0.495. The Morgan fingerprint density at radius 3 is 2.74 bits per heavy atom. The van der Waals surface area contributed by atoms with Gasteiger partial charge in [0.05, 0.1) is 4.92 Å². The van der Waals surface area contributed by atoms with Gasteiger partial charge >= 0.3 is 5.97 Å². The van der Waals surface area contributed by atoms with Crippen LogP contribution in [-0.2, 0) is 22.6 Å². The molecule has 12 nitrogen and oxygen atoms in total. The molecule has 3 aromatic heterocycles. The zero-order valence-electron chi connectivity index (χ0n) is 16.7. The summed E-state index contributed by atoms with van der Waals surface area (Å²) in [6.07, 6.45) is 2.02. The van der Waals surface area contributed by atoms with Gasteiger partial charge in [0.1, 0.15) is 6.33 Å². The predicted octanol–water partition coefficient (Wildman–Crippen LogP) is 2.38. The largest absolute Gasteiger partial charge is 0.456 e. The molecule has 0 saturated heterocycles. The fourth-order valence-corrected chi connectivity index (χ4v) is 3.11. The van der Waals surface area contributed by atoms with E-state index in [1.54, 1.807) is 4.52 Å². The number of benzene rings is 1. The summed E-state index contributed by atoms with van der Waals surface area (Å²) in [5.74, 6) is 0.397. The minimum Gasteiger partial charge on any atom is -0.456 e. The van der Waals surface area contributed by atoms with Gasteiger partial charge in [-0.25, -0.2) is 9.50 Å². The Morgan fingerprint density at radius 1 is 1.23 bits per heavy atom. The first-order chi connectivity index (χ1) is 14.9. The molecule has 4 aromatic rings. The van der Waals surface area contributed by atoms with Crippen molar-refractivity contribution in [2.75, 3.05) is 0 Å². The molecule has 0 atom stereocenters. The summed E-state index contributed by atoms with van der Waals surface area (Å²) >= 11 is 0. The molecule has 4 rings (SSSR count). The second kappa shape index (κ2) is 8.26. The average molecular weight is 423 g/mol. The fraction of sp³-hybridized carbons (Fsp3) is 0.263. The Hall–Kier alpha value is -4.22. The van der Waals surface area contributed by atoms with Gasteiger partial charge < -0.3 is 9.15 Å². The number of fused-ring (bicyclic) bond motifs is 1. The lowest BCUT2D eigenvalue weighted by Crippen LogP contribution is -2.10. The zero-order valence-corrected chi connectivity index (χ0v) is 16.7. The van der Waals surface area contributed by atoms with Gasteiger partial charge in [-0.05, 0) is 38.0 Å². The molecule has 1 aromatic carbocycles. The number of carbonyl (C=O) groups excluding carboxylic acids is 1. The van der Waals surface area contributed by atoms with Crippen LogP contribution in [-0.4, -0.2) is 40.7 Å². The maximum absolute atomic E-state index is 12.2. The second-order valence-electron chi connectivity index (χ2n) is 6.70. The maximum atomic E-state index is 12.2. The van der Waals surface area contributed by atoms with Crippen LogP contribution in [0.5, 0.6) is 0 Å². The van der Waals surface area contributed by atoms with Crippen molar-refractivity contribution in [1.82, 2.24) is 29.8 Å². The lowest BCUT2D eigenvalue weighted by Gasteiger charge is -2.09. The smallest absolute Gasteiger partial charge is 0.306 e. The highest BCUT2D eigenvalue weighted by atomic mass is 16.6. The molecule has 0 fully saturated rings. The molecule has 158 valence electrons. The van der Waals surface area contributed by atoms with E-state index in [9.17, 15) is 14.9 Å². The molecule has 0 aliphatic carbocycles. The third kappa shape index (κ3) is 4.22. The summed E-state index contributed by atoms with van der Waals surface area (Å²) in [7, 11) is 0. The highest BCUT2D eigenvalue weighted by molar-refractivity contribution is 5.69. The van der Waals surface area contributed by atoms with E-state index in [0.717, 1.165) is 17.0 Å². The van der Waals surface area contributed by atoms with E-state index >= 15 is 0 Å². The monoisotopic (exact) mass is 423 g/mol. The number of nitro benzene ring substituents is 1. The topological polar surface area (TPSA) is 151 Å². The molecule has 0 N–H and O–H groups in total. The van der Waals surface area contributed by atoms with Crippen LogP contribution in [0, 0.1) is 24.0 Å². The Kier molecular flexibility index (Phi) is 5.35. The highest BCUT2D eigenvalue weighted by Crippen LogP contribution is 2.21. The van der Waals surface area contributed by atoms with Crippen molar-refractivity contribution in [3.63, 3.8) is 0 Å². The first kappa shape index (κ1) is 20.1. The molecule has 0 unspecified atom stereocenters. The number of aromatic nitrogens is 6. The standard InChI is InChI=1S/C19H17N7O5/c1-11-15(12(2)25-19(22-11)20-10-21-25)7-8-17(27)30-9-16-23-24-18(31-16)13-3-5-14(6-4-13)26(28)29/h3-6,10H,7-9H2,1-2H3. The van der Waals surface area contributed by atoms with Gasteiger partial charge in [0.25, 0.3) is 17.4 Å². The SMILES string of the molecule is Cc1nc2ncnn2c(C)c1CCC(=O)OCc1nnc(-c2ccc([N+](=O)[O-])cc2)o1. The predicted molar refractivity (Wildman–Crippen MR) is 105 cm³/mol. The number of hydrogen-bond acceptors (Lipinski definition) is 10. The highest BCUT2D eigenvalue weighted by Gasteiger charge is 2.15. The van der Waals surface area contributed by atoms with Crippen molar-refractivity contribution in [2.24, 2.45) is 0 Å². The molecule has 0 spiro atoms. The maximum Gasteiger partial charge on any atom is 0.306 e. The number of nitrogens with zero attached hydrogens (tertiary/aromatic N) is 7. The van der Waals surface area contributed by atoms with Gasteiger partial charge in [-0.15, -0.1) is 10.2 Å². The molecule has 31 heavy (non-hydrogen) atoms. The molecule has 0 radical (unpaired) electrons. The molecular weight excluding hydrogens is 406 g/mol. The van der Waals surface area contributed by atoms with Gasteiger partial charge in [-0.1, -0.05) is 0 Å². The lowest BCUT2D eigenvalue weighted by molar-refractivity contribution is -0.384. The van der Waals surface area contributed by atoms with Crippen molar-refractivity contribution in [1.29, 1.82) is 0 Å². The minimum absolute atomic E-state index is 0.0407. The Bertz CT molecular complexity index is 1260. The normalized spacial score (nSPS) is 11.0. The van der Waals surface area contributed by atoms with Crippen molar-refractivity contribution < 1.29 is 18.9 Å². The van der Waals surface area contributed by atoms with Gasteiger partial charge in [-0.2, -0.15) is 10.1 Å². The number of nitro groups is 1. The number of carbonyl (C=O) groups is 1. The number of non-ortho nitro benzene ring substituents is 1. The van der Waals surface area contributed by atoms with Crippen LogP contribution in [0.4, 0.5) is 5.69 Å². The molecule has 3 heterocycles. The van der Waals surface area contributed by atoms with Crippen LogP contribution in [0.15, 0.2) is 35.0 Å². The van der Waals surface area contributed by atoms with E-state index in [1.807, 2.05) is 13.8 Å². The van der Waals surface area contributed by atoms with Crippen molar-refractivity contribution in [2.45, 2.75) is 33.3 Å². The summed E-state index contributed by atoms with van der Waals surface area (Å²) in [6.45, 7) is 3.59. The molecular formula is C19H17N7O5. The van der Waals surface area contributed by atoms with Crippen LogP contribution in [0.25, 0.3) is 17.2 Å². The van der Waals surface area contributed by atoms with E-state index in [-0.39, 0.29) is 30.5 Å². The van der Waals surface area contributed by atoms with Crippen LogP contribution in [0.3, 0.4) is 0 Å². The van der Waals surface area contributed by atoms with Crippen LogP contribution in [0.1, 0.15) is 29.3 Å². The van der Waals surface area contributed by atoms with Gasteiger partial charge in [0.15, 0.2) is 6.61 Å². The van der Waals surface area contributed by atoms with Gasteiger partial charge in [0, 0.05) is 35.5 Å². The number of rotatable bonds is 7. The zero-order chi connectivity index (χ0) is 22.0. The third-order valence-corrected chi connectivity index (χ3v) is 4.72. The van der Waals surface area contributed by atoms with Crippen LogP contribution < -0.4 is 0 Å². The summed E-state index contributed by atoms with van der Waals surface area (Å²) in [4.78, 5) is 30.9. The third-order valence-electron chi connectivity index (χ3n) is 4.72. The molecule has 0 saturated carbocycles. The van der Waals surface area contributed by atoms with E-state index in [2.05, 4.69) is 25.3 Å². The Labute approximate surface area is 175 Å². The van der Waals surface area contributed by atoms with E-state index < -0.39 is 10.9 Å². The number of esters is 1. The van der Waals surface area contributed by atoms with Crippen LogP contribution >= 0.6 is 0 Å². The molecule has 0 aliphatic heterocycles. The summed E-state index contributed by atoms with van der Waals surface area (Å²) in [5.41, 5.74) is 3.06. The van der Waals surface area contributed by atoms with Gasteiger partial charge in [-0.3, -0.25) is 14.9 Å². The fourth-order valence-electron chi connectivity index (χ4n) is 3.11. The first-order valence-electron chi connectivity index (χ1n) is 9.31. The summed E-state index contributed by atoms with van der Waals surface area (Å²) in [6, 6.07) is 5.70. The van der Waals surface area contributed by atoms with Crippen molar-refractivity contribution in [3.05, 3.63) is 63.5 Å². The van der Waals surface area contributed by atoms with E-state index in [1.165, 1.54) is 30.6 Å². The quantitative estimate of drug-likeness (QED) is 0.246. The summed E-state index contributed by atoms with van der Waals surface area (Å²) in [5, 5.41) is 22.6. The number of ether oxygens (including phenoxy) is 1. The average Bonchev–Trinajstić information content (AvgIpc) is 3.42. The molecule has 12 heteroatoms.